The van der Waals surface area contributed by atoms with E-state index in [0.717, 1.165) is 71.3 Å². The van der Waals surface area contributed by atoms with Gasteiger partial charge in [-0.15, -0.1) is 0 Å². The van der Waals surface area contributed by atoms with Gasteiger partial charge in [-0.3, -0.25) is 0 Å². The molecule has 268 valence electrons. The van der Waals surface area contributed by atoms with Crippen LogP contribution in [-0.4, -0.2) is 18.7 Å². The van der Waals surface area contributed by atoms with Crippen molar-refractivity contribution >= 4 is 16.9 Å². The summed E-state index contributed by atoms with van der Waals surface area (Å²) in [6, 6.07) is 16.7. The van der Waals surface area contributed by atoms with Crippen LogP contribution in [0, 0.1) is 46.3 Å². The fourth-order valence-electron chi connectivity index (χ4n) is 11.1. The van der Waals surface area contributed by atoms with Crippen molar-refractivity contribution in [3.8, 4) is 16.9 Å². The van der Waals surface area contributed by atoms with Crippen LogP contribution in [0.1, 0.15) is 112 Å². The minimum absolute atomic E-state index is 0.105. The molecule has 5 heteroatoms. The second kappa shape index (κ2) is 14.4. The maximum Gasteiger partial charge on any atom is 0.344 e. The fourth-order valence-corrected chi connectivity index (χ4v) is 11.1. The van der Waals surface area contributed by atoms with Crippen molar-refractivity contribution in [2.24, 2.45) is 46.3 Å². The maximum absolute atomic E-state index is 13.0. The van der Waals surface area contributed by atoms with Gasteiger partial charge in [0.1, 0.15) is 17.4 Å². The van der Waals surface area contributed by atoms with Crippen LogP contribution in [-0.2, 0) is 9.53 Å². The van der Waals surface area contributed by atoms with Gasteiger partial charge in [0.25, 0.3) is 0 Å². The lowest BCUT2D eigenvalue weighted by atomic mass is 9.44. The van der Waals surface area contributed by atoms with Crippen LogP contribution < -0.4 is 10.4 Å². The molecule has 1 heterocycles. The van der Waals surface area contributed by atoms with Crippen molar-refractivity contribution < 1.29 is 18.7 Å². The van der Waals surface area contributed by atoms with E-state index in [9.17, 15) is 9.59 Å². The number of carbonyl (C=O) groups excluding carboxylic acids is 1. The van der Waals surface area contributed by atoms with E-state index < -0.39 is 5.63 Å². The summed E-state index contributed by atoms with van der Waals surface area (Å²) in [5.41, 5.74) is 3.99. The van der Waals surface area contributed by atoms with Crippen molar-refractivity contribution in [2.45, 2.75) is 118 Å². The molecular formula is C45H58O5. The predicted molar refractivity (Wildman–Crippen MR) is 201 cm³/mol. The van der Waals surface area contributed by atoms with Gasteiger partial charge in [0.2, 0.25) is 0 Å². The third-order valence-corrected chi connectivity index (χ3v) is 13.9. The maximum atomic E-state index is 13.0. The summed E-state index contributed by atoms with van der Waals surface area (Å²) >= 11 is 0. The molecule has 4 aliphatic carbocycles. The summed E-state index contributed by atoms with van der Waals surface area (Å²) in [4.78, 5) is 25.4. The molecule has 0 bridgehead atoms. The Balaban J connectivity index is 0.945. The minimum atomic E-state index is -0.423. The number of carbonyl (C=O) groups is 1. The van der Waals surface area contributed by atoms with Gasteiger partial charge in [-0.2, -0.15) is 0 Å². The van der Waals surface area contributed by atoms with E-state index in [1.807, 2.05) is 42.5 Å². The van der Waals surface area contributed by atoms with E-state index in [0.29, 0.717) is 16.7 Å². The predicted octanol–water partition coefficient (Wildman–Crippen LogP) is 11.2. The molecule has 2 aromatic carbocycles. The Morgan fingerprint density at radius 3 is 2.56 bits per heavy atom. The molecule has 3 fully saturated rings. The second-order valence-corrected chi connectivity index (χ2v) is 17.4. The van der Waals surface area contributed by atoms with Gasteiger partial charge in [-0.05, 0) is 121 Å². The van der Waals surface area contributed by atoms with Crippen molar-refractivity contribution in [1.29, 1.82) is 0 Å². The highest BCUT2D eigenvalue weighted by molar-refractivity contribution is 5.93. The summed E-state index contributed by atoms with van der Waals surface area (Å²) in [6.07, 6.45) is 17.6. The van der Waals surface area contributed by atoms with E-state index >= 15 is 0 Å². The van der Waals surface area contributed by atoms with Crippen LogP contribution in [0.15, 0.2) is 75.5 Å². The molecule has 0 unspecified atom stereocenters. The Morgan fingerprint density at radius 2 is 1.76 bits per heavy atom. The van der Waals surface area contributed by atoms with Gasteiger partial charge in [-0.25, -0.2) is 9.59 Å². The van der Waals surface area contributed by atoms with E-state index in [4.69, 9.17) is 13.9 Å². The van der Waals surface area contributed by atoms with Crippen LogP contribution in [0.3, 0.4) is 0 Å². The number of hydrogen-bond acceptors (Lipinski definition) is 5. The zero-order valence-corrected chi connectivity index (χ0v) is 31.0. The molecule has 0 radical (unpaired) electrons. The Morgan fingerprint density at radius 1 is 0.940 bits per heavy atom. The lowest BCUT2D eigenvalue weighted by Crippen LogP contribution is -2.52. The first kappa shape index (κ1) is 35.1. The standard InChI is InChI=1S/C45H58O5/c1-29(2)10-9-11-30(3)32-14-19-39-37-17-15-33-24-35(20-23-45(33,5)40(37)21-22-44(39,4)27-32)49-43(47)28-48-34-16-18-36-38(31-12-7-6-8-13-31)26-42(46)50-41(36)25-34/h6-8,12-13,15-16,18,25-26,29-30,32,35,37,39-40H,9-11,14,17,19-24,27-28H2,1-5H3/t30-,32+,35-,37-,39+,40+,44+,45-/m0/s1. The highest BCUT2D eigenvalue weighted by Crippen LogP contribution is 2.65. The molecule has 0 spiro atoms. The molecule has 0 N–H and O–H groups in total. The molecule has 7 rings (SSSR count). The first-order valence-electron chi connectivity index (χ1n) is 19.7. The third kappa shape index (κ3) is 7.08. The molecule has 4 aliphatic rings. The van der Waals surface area contributed by atoms with E-state index in [2.05, 4.69) is 40.7 Å². The lowest BCUT2D eigenvalue weighted by molar-refractivity contribution is -0.154. The molecule has 8 atom stereocenters. The summed E-state index contributed by atoms with van der Waals surface area (Å²) in [6.45, 7) is 12.3. The largest absolute Gasteiger partial charge is 0.482 e. The van der Waals surface area contributed by atoms with Crippen LogP contribution in [0.5, 0.6) is 5.75 Å². The van der Waals surface area contributed by atoms with Crippen molar-refractivity contribution in [3.63, 3.8) is 0 Å². The Hall–Kier alpha value is -3.34. The first-order chi connectivity index (χ1) is 24.0. The van der Waals surface area contributed by atoms with Gasteiger partial charge in [-0.1, -0.05) is 95.9 Å². The minimum Gasteiger partial charge on any atom is -0.482 e. The van der Waals surface area contributed by atoms with Crippen LogP contribution in [0.25, 0.3) is 22.1 Å². The van der Waals surface area contributed by atoms with Gasteiger partial charge in [0, 0.05) is 23.9 Å². The van der Waals surface area contributed by atoms with E-state index in [1.54, 1.807) is 6.07 Å². The highest BCUT2D eigenvalue weighted by atomic mass is 16.6. The molecule has 0 amide bonds. The van der Waals surface area contributed by atoms with E-state index in [-0.39, 0.29) is 24.1 Å². The van der Waals surface area contributed by atoms with Crippen molar-refractivity contribution in [3.05, 3.63) is 76.7 Å². The monoisotopic (exact) mass is 678 g/mol. The van der Waals surface area contributed by atoms with E-state index in [1.165, 1.54) is 69.4 Å². The molecule has 3 saturated carbocycles. The number of rotatable bonds is 10. The van der Waals surface area contributed by atoms with Crippen LogP contribution in [0.4, 0.5) is 0 Å². The summed E-state index contributed by atoms with van der Waals surface area (Å²) in [5, 5.41) is 0.816. The molecular weight excluding hydrogens is 620 g/mol. The quantitative estimate of drug-likeness (QED) is 0.121. The number of fused-ring (bicyclic) bond motifs is 6. The zero-order chi connectivity index (χ0) is 35.0. The number of esters is 1. The average Bonchev–Trinajstić information content (AvgIpc) is 3.09. The normalized spacial score (nSPS) is 31.2. The molecule has 50 heavy (non-hydrogen) atoms. The third-order valence-electron chi connectivity index (χ3n) is 13.9. The Bertz CT molecular complexity index is 1750. The highest BCUT2D eigenvalue weighted by Gasteiger charge is 2.56. The number of ether oxygens (including phenoxy) is 2. The fraction of sp³-hybridized carbons (Fsp3) is 0.600. The Labute approximate surface area is 299 Å². The van der Waals surface area contributed by atoms with Crippen molar-refractivity contribution in [1.82, 2.24) is 0 Å². The number of allylic oxidation sites excluding steroid dienone is 1. The zero-order valence-electron chi connectivity index (χ0n) is 31.0. The smallest absolute Gasteiger partial charge is 0.344 e. The second-order valence-electron chi connectivity index (χ2n) is 17.4. The summed E-state index contributed by atoms with van der Waals surface area (Å²) in [5.74, 6) is 5.07. The van der Waals surface area contributed by atoms with Crippen molar-refractivity contribution in [2.75, 3.05) is 6.61 Å². The molecule has 0 aliphatic heterocycles. The van der Waals surface area contributed by atoms with Gasteiger partial charge in [0.05, 0.1) is 0 Å². The molecule has 0 saturated heterocycles. The molecule has 5 nitrogen and oxygen atoms in total. The summed E-state index contributed by atoms with van der Waals surface area (Å²) < 4.78 is 17.4. The Kier molecular flexibility index (Phi) is 10.1. The first-order valence-corrected chi connectivity index (χ1v) is 19.7. The SMILES string of the molecule is CC(C)CCC[C@H](C)[C@@H]1CC[C@@H]2[C@@H]3CC=C4C[C@@H](OC(=O)COc5ccc6c(-c7ccccc7)cc(=O)oc6c5)CC[C@]4(C)[C@@H]3CC[C@]2(C)C1. The molecule has 1 aromatic heterocycles. The van der Waals surface area contributed by atoms with Crippen LogP contribution >= 0.6 is 0 Å². The topological polar surface area (TPSA) is 65.7 Å². The summed E-state index contributed by atoms with van der Waals surface area (Å²) in [7, 11) is 0. The van der Waals surface area contributed by atoms with Crippen LogP contribution in [0.2, 0.25) is 0 Å². The average molecular weight is 679 g/mol. The number of benzene rings is 2. The van der Waals surface area contributed by atoms with Gasteiger partial charge >= 0.3 is 11.6 Å². The van der Waals surface area contributed by atoms with Gasteiger partial charge in [0.15, 0.2) is 6.61 Å². The van der Waals surface area contributed by atoms with Gasteiger partial charge < -0.3 is 13.9 Å². The molecule has 3 aromatic rings. The number of hydrogen-bond donors (Lipinski definition) is 0. The lowest BCUT2D eigenvalue weighted by Gasteiger charge is -2.61.